The molecule has 0 aliphatic heterocycles. The molecule has 0 bridgehead atoms. The van der Waals surface area contributed by atoms with Crippen molar-refractivity contribution < 1.29 is 13.5 Å². The minimum Gasteiger partial charge on any atom is -0.524 e. The Labute approximate surface area is 68.6 Å². The highest BCUT2D eigenvalue weighted by atomic mass is 32.2. The van der Waals surface area contributed by atoms with Crippen LogP contribution in [0.3, 0.4) is 0 Å². The summed E-state index contributed by atoms with van der Waals surface area (Å²) in [5.74, 6) is 0. The van der Waals surface area contributed by atoms with Gasteiger partial charge in [0.05, 0.1) is 0 Å². The first kappa shape index (κ1) is 10.6. The van der Waals surface area contributed by atoms with Crippen molar-refractivity contribution >= 4 is 25.7 Å². The lowest BCUT2D eigenvalue weighted by Crippen LogP contribution is -2.25. The molecular weight excluding hydrogens is 164 g/mol. The van der Waals surface area contributed by atoms with E-state index in [4.69, 9.17) is 20.8 Å². The topological polar surface area (TPSA) is 66.4 Å². The lowest BCUT2D eigenvalue weighted by atomic mass is 9.99. The number of rotatable bonds is 3. The van der Waals surface area contributed by atoms with E-state index in [1.807, 2.05) is 0 Å². The van der Waals surface area contributed by atoms with Gasteiger partial charge in [0, 0.05) is 17.0 Å². The highest BCUT2D eigenvalue weighted by Gasteiger charge is 2.12. The molecular formula is C4H7B2NO3S. The van der Waals surface area contributed by atoms with Gasteiger partial charge >= 0.3 is 0 Å². The average molecular weight is 171 g/mol. The second-order valence-electron chi connectivity index (χ2n) is 1.75. The predicted molar refractivity (Wildman–Crippen MR) is 43.8 cm³/mol. The minimum atomic E-state index is -3.78. The van der Waals surface area contributed by atoms with Gasteiger partial charge in [-0.05, 0) is 0 Å². The maximum atomic E-state index is 10.8. The second kappa shape index (κ2) is 3.82. The van der Waals surface area contributed by atoms with Crippen molar-refractivity contribution in [2.75, 3.05) is 6.54 Å². The molecule has 4 nitrogen and oxygen atoms in total. The van der Waals surface area contributed by atoms with Gasteiger partial charge in [-0.3, -0.25) is 0 Å². The van der Waals surface area contributed by atoms with Crippen molar-refractivity contribution in [1.82, 2.24) is 4.72 Å². The van der Waals surface area contributed by atoms with Crippen LogP contribution in [0.25, 0.3) is 0 Å². The van der Waals surface area contributed by atoms with Crippen LogP contribution in [-0.2, 0) is 10.0 Å². The Kier molecular flexibility index (Phi) is 3.68. The summed E-state index contributed by atoms with van der Waals surface area (Å²) in [6, 6.07) is 0. The lowest BCUT2D eigenvalue weighted by molar-refractivity contribution is 0.451. The van der Waals surface area contributed by atoms with Crippen LogP contribution in [0.15, 0.2) is 10.5 Å². The maximum absolute atomic E-state index is 10.8. The first-order valence-electron chi connectivity index (χ1n) is 2.85. The van der Waals surface area contributed by atoms with Gasteiger partial charge in [0.25, 0.3) is 0 Å². The first-order valence-corrected chi connectivity index (χ1v) is 4.34. The van der Waals surface area contributed by atoms with Crippen LogP contribution in [0.5, 0.6) is 0 Å². The van der Waals surface area contributed by atoms with E-state index in [2.05, 4.69) is 4.72 Å². The maximum Gasteiger partial charge on any atom is 0.229 e. The van der Waals surface area contributed by atoms with Crippen LogP contribution < -0.4 is 4.72 Å². The molecule has 0 spiro atoms. The largest absolute Gasteiger partial charge is 0.524 e. The van der Waals surface area contributed by atoms with E-state index in [1.165, 1.54) is 0 Å². The fraction of sp³-hybridized carbons (Fsp3) is 0.500. The third-order valence-corrected chi connectivity index (χ3v) is 2.33. The molecule has 0 aromatic heterocycles. The Morgan fingerprint density at radius 1 is 1.55 bits per heavy atom. The van der Waals surface area contributed by atoms with E-state index in [0.29, 0.717) is 0 Å². The third-order valence-electron chi connectivity index (χ3n) is 0.876. The Hall–Kier alpha value is -0.420. The number of hydrogen-bond donors (Lipinski definition) is 2. The van der Waals surface area contributed by atoms with E-state index in [9.17, 15) is 8.42 Å². The van der Waals surface area contributed by atoms with Gasteiger partial charge < -0.3 is 5.11 Å². The van der Waals surface area contributed by atoms with E-state index in [-0.39, 0.29) is 6.54 Å². The van der Waals surface area contributed by atoms with Gasteiger partial charge in [0.1, 0.15) is 7.85 Å². The van der Waals surface area contributed by atoms with Crippen molar-refractivity contribution in [2.45, 2.75) is 6.92 Å². The number of sulfonamides is 1. The quantitative estimate of drug-likeness (QED) is 0.420. The molecule has 0 aliphatic rings. The molecule has 0 aliphatic carbocycles. The van der Waals surface area contributed by atoms with Gasteiger partial charge in [-0.15, -0.1) is 0 Å². The number of nitrogens with one attached hydrogen (secondary N) is 1. The number of hydrogen-bond acceptors (Lipinski definition) is 3. The Morgan fingerprint density at radius 2 is 2.00 bits per heavy atom. The summed E-state index contributed by atoms with van der Waals surface area (Å²) in [7, 11) is 5.90. The zero-order valence-corrected chi connectivity index (χ0v) is 6.85. The summed E-state index contributed by atoms with van der Waals surface area (Å²) >= 11 is 0. The van der Waals surface area contributed by atoms with Crippen LogP contribution in [0.2, 0.25) is 0 Å². The van der Waals surface area contributed by atoms with Gasteiger partial charge in [-0.1, -0.05) is 6.92 Å². The van der Waals surface area contributed by atoms with Crippen LogP contribution in [-0.4, -0.2) is 35.8 Å². The average Bonchev–Trinajstić information content (AvgIpc) is 1.86. The van der Waals surface area contributed by atoms with Crippen LogP contribution in [0.4, 0.5) is 0 Å². The summed E-state index contributed by atoms with van der Waals surface area (Å²) in [5, 5.41) is 8.50. The molecule has 11 heavy (non-hydrogen) atoms. The summed E-state index contributed by atoms with van der Waals surface area (Å²) in [6.45, 7) is 1.77. The number of aliphatic hydroxyl groups is 1. The minimum absolute atomic E-state index is 0.191. The molecule has 0 rings (SSSR count). The zero-order chi connectivity index (χ0) is 9.07. The van der Waals surface area contributed by atoms with Gasteiger partial charge in [0.2, 0.25) is 10.0 Å². The van der Waals surface area contributed by atoms with E-state index in [0.717, 1.165) is 0 Å². The molecule has 2 N–H and O–H groups in total. The molecule has 58 valence electrons. The van der Waals surface area contributed by atoms with Crippen LogP contribution in [0.1, 0.15) is 6.92 Å². The van der Waals surface area contributed by atoms with Crippen molar-refractivity contribution in [3.8, 4) is 0 Å². The van der Waals surface area contributed by atoms with Crippen LogP contribution >= 0.6 is 0 Å². The Morgan fingerprint density at radius 3 is 2.27 bits per heavy atom. The monoisotopic (exact) mass is 171 g/mol. The molecule has 0 unspecified atom stereocenters. The van der Waals surface area contributed by atoms with E-state index >= 15 is 0 Å². The van der Waals surface area contributed by atoms with E-state index in [1.54, 1.807) is 6.92 Å². The Bertz CT molecular complexity index is 255. The molecule has 0 amide bonds. The summed E-state index contributed by atoms with van der Waals surface area (Å²) in [5.41, 5.74) is -0.897. The number of aliphatic hydroxyl groups excluding tert-OH is 1. The molecule has 0 aromatic carbocycles. The SMILES string of the molecule is [B]/C(O)=C(\[B])S(=O)(=O)NCC. The second-order valence-corrected chi connectivity index (χ2v) is 3.49. The summed E-state index contributed by atoms with van der Waals surface area (Å²) in [6.07, 6.45) is 0. The predicted octanol–water partition coefficient (Wildman–Crippen LogP) is -1.05. The normalized spacial score (nSPS) is 14.3. The smallest absolute Gasteiger partial charge is 0.229 e. The van der Waals surface area contributed by atoms with Crippen molar-refractivity contribution in [3.05, 3.63) is 10.5 Å². The molecule has 0 saturated heterocycles. The van der Waals surface area contributed by atoms with Crippen LogP contribution in [0, 0.1) is 0 Å². The highest BCUT2D eigenvalue weighted by Crippen LogP contribution is 2.00. The molecule has 4 radical (unpaired) electrons. The van der Waals surface area contributed by atoms with Gasteiger partial charge in [-0.25, -0.2) is 13.1 Å². The van der Waals surface area contributed by atoms with E-state index < -0.39 is 20.5 Å². The van der Waals surface area contributed by atoms with Crippen molar-refractivity contribution in [3.63, 3.8) is 0 Å². The standard InChI is InChI=1S/C4H7B2NO3S/c1-2-7-11(9,10)4(6)3(5)8/h7-8H,2H2,1H3/b4-3-. The van der Waals surface area contributed by atoms with Crippen molar-refractivity contribution in [2.24, 2.45) is 0 Å². The van der Waals surface area contributed by atoms with Gasteiger partial charge in [-0.2, -0.15) is 0 Å². The van der Waals surface area contributed by atoms with Crippen molar-refractivity contribution in [1.29, 1.82) is 0 Å². The highest BCUT2D eigenvalue weighted by molar-refractivity contribution is 7.95. The lowest BCUT2D eigenvalue weighted by Gasteiger charge is -2.05. The molecule has 0 heterocycles. The molecule has 0 fully saturated rings. The fourth-order valence-corrected chi connectivity index (χ4v) is 1.22. The Balaban J connectivity index is 4.73. The molecule has 7 heteroatoms. The fourth-order valence-electron chi connectivity index (χ4n) is 0.405. The molecule has 0 atom stereocenters. The van der Waals surface area contributed by atoms with Gasteiger partial charge in [0.15, 0.2) is 7.85 Å². The summed E-state index contributed by atoms with van der Waals surface area (Å²) < 4.78 is 23.7. The third kappa shape index (κ3) is 2.98. The molecule has 0 saturated carbocycles. The molecule has 0 aromatic rings. The first-order chi connectivity index (χ1) is 4.91. The summed E-state index contributed by atoms with van der Waals surface area (Å²) in [4.78, 5) is -0.751. The zero-order valence-electron chi connectivity index (χ0n) is 6.03.